The Balaban J connectivity index is 2.64. The summed E-state index contributed by atoms with van der Waals surface area (Å²) in [5.41, 5.74) is 5.50. The van der Waals surface area contributed by atoms with Gasteiger partial charge in [-0.15, -0.1) is 0 Å². The van der Waals surface area contributed by atoms with Gasteiger partial charge < -0.3 is 15.2 Å². The summed E-state index contributed by atoms with van der Waals surface area (Å²) in [5, 5.41) is 0. The van der Waals surface area contributed by atoms with E-state index in [0.29, 0.717) is 0 Å². The quantitative estimate of drug-likeness (QED) is 0.560. The normalized spacial score (nSPS) is 37.4. The number of rotatable bonds is 2. The minimum absolute atomic E-state index is 0.164. The number of hydrogen-bond acceptors (Lipinski definition) is 4. The van der Waals surface area contributed by atoms with E-state index in [1.165, 1.54) is 7.11 Å². The Bertz CT molecular complexity index is 160. The van der Waals surface area contributed by atoms with Crippen molar-refractivity contribution in [1.29, 1.82) is 0 Å². The minimum Gasteiger partial charge on any atom is -0.458 e. The second-order valence-corrected chi connectivity index (χ2v) is 2.61. The van der Waals surface area contributed by atoms with Gasteiger partial charge in [0.1, 0.15) is 18.2 Å². The van der Waals surface area contributed by atoms with E-state index >= 15 is 0 Å². The van der Waals surface area contributed by atoms with Crippen LogP contribution in [0, 0.1) is 0 Å². The predicted octanol–water partition coefficient (Wildman–Crippen LogP) is -0.336. The maximum absolute atomic E-state index is 10.9. The van der Waals surface area contributed by atoms with Crippen LogP contribution in [-0.2, 0) is 14.3 Å². The predicted molar refractivity (Wildman–Crippen MR) is 38.9 cm³/mol. The average Bonchev–Trinajstić information content (AvgIpc) is 2.28. The molecule has 1 rings (SSSR count). The maximum atomic E-state index is 10.9. The molecule has 11 heavy (non-hydrogen) atoms. The van der Waals surface area contributed by atoms with E-state index in [9.17, 15) is 4.79 Å². The van der Waals surface area contributed by atoms with Gasteiger partial charge in [0.05, 0.1) is 0 Å². The van der Waals surface area contributed by atoms with Crippen LogP contribution >= 0.6 is 0 Å². The largest absolute Gasteiger partial charge is 0.458 e. The Kier molecular flexibility index (Phi) is 2.46. The van der Waals surface area contributed by atoms with Gasteiger partial charge in [-0.2, -0.15) is 0 Å². The molecule has 0 saturated carbocycles. The van der Waals surface area contributed by atoms with Crippen LogP contribution in [0.5, 0.6) is 0 Å². The molecule has 1 heterocycles. The van der Waals surface area contributed by atoms with Gasteiger partial charge in [-0.25, -0.2) is 0 Å². The van der Waals surface area contributed by atoms with E-state index in [1.807, 2.05) is 6.92 Å². The van der Waals surface area contributed by atoms with Crippen LogP contribution in [0.4, 0.5) is 0 Å². The van der Waals surface area contributed by atoms with E-state index < -0.39 is 6.04 Å². The Hall–Kier alpha value is -0.610. The third-order valence-electron chi connectivity index (χ3n) is 1.93. The maximum Gasteiger partial charge on any atom is 0.326 e. The molecule has 4 nitrogen and oxygen atoms in total. The van der Waals surface area contributed by atoms with Crippen LogP contribution in [0.2, 0.25) is 0 Å². The summed E-state index contributed by atoms with van der Waals surface area (Å²) < 4.78 is 9.96. The first-order valence-electron chi connectivity index (χ1n) is 3.69. The Labute approximate surface area is 65.7 Å². The molecule has 1 saturated heterocycles. The number of carbonyl (C=O) groups is 1. The van der Waals surface area contributed by atoms with Crippen LogP contribution in [0.15, 0.2) is 0 Å². The van der Waals surface area contributed by atoms with Crippen molar-refractivity contribution < 1.29 is 14.3 Å². The molecule has 3 atom stereocenters. The molecule has 0 radical (unpaired) electrons. The summed E-state index contributed by atoms with van der Waals surface area (Å²) in [7, 11) is 1.54. The molecular weight excluding hydrogens is 146 g/mol. The molecule has 0 unspecified atom stereocenters. The van der Waals surface area contributed by atoms with E-state index in [-0.39, 0.29) is 18.2 Å². The Morgan fingerprint density at radius 1 is 1.73 bits per heavy atom. The van der Waals surface area contributed by atoms with Gasteiger partial charge in [0.15, 0.2) is 0 Å². The highest BCUT2D eigenvalue weighted by Gasteiger charge is 2.41. The number of hydrogen-bond donors (Lipinski definition) is 1. The molecule has 0 spiro atoms. The third kappa shape index (κ3) is 1.36. The fourth-order valence-electron chi connectivity index (χ4n) is 1.27. The second kappa shape index (κ2) is 3.19. The molecule has 64 valence electrons. The number of ether oxygens (including phenoxy) is 2. The molecule has 0 amide bonds. The minimum atomic E-state index is -0.607. The zero-order chi connectivity index (χ0) is 8.43. The highest BCUT2D eigenvalue weighted by Crippen LogP contribution is 2.19. The van der Waals surface area contributed by atoms with Crippen molar-refractivity contribution in [1.82, 2.24) is 0 Å². The molecule has 2 N–H and O–H groups in total. The van der Waals surface area contributed by atoms with Gasteiger partial charge in [-0.05, 0) is 6.42 Å². The van der Waals surface area contributed by atoms with E-state index in [4.69, 9.17) is 15.2 Å². The van der Waals surface area contributed by atoms with Crippen LogP contribution in [0.1, 0.15) is 13.3 Å². The molecule has 4 heteroatoms. The zero-order valence-electron chi connectivity index (χ0n) is 6.74. The van der Waals surface area contributed by atoms with E-state index in [2.05, 4.69) is 0 Å². The lowest BCUT2D eigenvalue weighted by Gasteiger charge is -2.15. The van der Waals surface area contributed by atoms with Gasteiger partial charge in [0, 0.05) is 7.11 Å². The summed E-state index contributed by atoms with van der Waals surface area (Å²) >= 11 is 0. The van der Waals surface area contributed by atoms with Gasteiger partial charge in [0.25, 0.3) is 0 Å². The molecule has 1 aliphatic heterocycles. The van der Waals surface area contributed by atoms with Crippen LogP contribution in [0.3, 0.4) is 0 Å². The number of cyclic esters (lactones) is 1. The molecule has 1 fully saturated rings. The van der Waals surface area contributed by atoms with Crippen LogP contribution in [-0.4, -0.2) is 31.3 Å². The fraction of sp³-hybridized carbons (Fsp3) is 0.857. The first-order valence-corrected chi connectivity index (χ1v) is 3.69. The molecule has 1 aliphatic rings. The highest BCUT2D eigenvalue weighted by atomic mass is 16.6. The van der Waals surface area contributed by atoms with Crippen molar-refractivity contribution in [3.8, 4) is 0 Å². The summed E-state index contributed by atoms with van der Waals surface area (Å²) in [6.45, 7) is 1.93. The lowest BCUT2D eigenvalue weighted by molar-refractivity contribution is -0.142. The van der Waals surface area contributed by atoms with Crippen molar-refractivity contribution in [2.24, 2.45) is 5.73 Å². The van der Waals surface area contributed by atoms with Gasteiger partial charge in [0.2, 0.25) is 0 Å². The standard InChI is InChI=1S/C7H13NO3/c1-3-4-6(10-2)5(8)7(9)11-4/h4-6H,3,8H2,1-2H3/t4-,5+,6+/m1/s1. The highest BCUT2D eigenvalue weighted by molar-refractivity contribution is 5.78. The summed E-state index contributed by atoms with van der Waals surface area (Å²) in [6, 6.07) is -0.607. The van der Waals surface area contributed by atoms with Crippen molar-refractivity contribution in [2.75, 3.05) is 7.11 Å². The van der Waals surface area contributed by atoms with Crippen molar-refractivity contribution in [3.05, 3.63) is 0 Å². The van der Waals surface area contributed by atoms with Crippen molar-refractivity contribution >= 4 is 5.97 Å². The Morgan fingerprint density at radius 3 is 2.73 bits per heavy atom. The smallest absolute Gasteiger partial charge is 0.326 e. The average molecular weight is 159 g/mol. The first kappa shape index (κ1) is 8.49. The summed E-state index contributed by atoms with van der Waals surface area (Å²) in [6.07, 6.45) is 0.313. The topological polar surface area (TPSA) is 61.5 Å². The van der Waals surface area contributed by atoms with E-state index in [0.717, 1.165) is 6.42 Å². The second-order valence-electron chi connectivity index (χ2n) is 2.61. The number of carbonyl (C=O) groups excluding carboxylic acids is 1. The first-order chi connectivity index (χ1) is 5.20. The SMILES string of the molecule is CC[C@H]1OC(=O)[C@@H](N)[C@H]1OC. The molecule has 0 bridgehead atoms. The Morgan fingerprint density at radius 2 is 2.36 bits per heavy atom. The van der Waals surface area contributed by atoms with Crippen molar-refractivity contribution in [2.45, 2.75) is 31.6 Å². The number of esters is 1. The molecular formula is C7H13NO3. The summed E-state index contributed by atoms with van der Waals surface area (Å²) in [5.74, 6) is -0.358. The van der Waals surface area contributed by atoms with Gasteiger partial charge in [-0.3, -0.25) is 4.79 Å². The van der Waals surface area contributed by atoms with E-state index in [1.54, 1.807) is 0 Å². The fourth-order valence-corrected chi connectivity index (χ4v) is 1.27. The molecule has 0 aromatic rings. The monoisotopic (exact) mass is 159 g/mol. The van der Waals surface area contributed by atoms with Gasteiger partial charge in [-0.1, -0.05) is 6.92 Å². The lowest BCUT2D eigenvalue weighted by Crippen LogP contribution is -2.39. The number of methoxy groups -OCH3 is 1. The molecule has 0 aromatic carbocycles. The van der Waals surface area contributed by atoms with Gasteiger partial charge >= 0.3 is 5.97 Å². The van der Waals surface area contributed by atoms with Crippen LogP contribution in [0.25, 0.3) is 0 Å². The molecule has 0 aromatic heterocycles. The number of nitrogens with two attached hydrogens (primary N) is 1. The zero-order valence-corrected chi connectivity index (χ0v) is 6.74. The lowest BCUT2D eigenvalue weighted by atomic mass is 10.1. The van der Waals surface area contributed by atoms with Crippen LogP contribution < -0.4 is 5.73 Å². The third-order valence-corrected chi connectivity index (χ3v) is 1.93. The summed E-state index contributed by atoms with van der Waals surface area (Å²) in [4.78, 5) is 10.9. The van der Waals surface area contributed by atoms with Crippen molar-refractivity contribution in [3.63, 3.8) is 0 Å². The molecule has 0 aliphatic carbocycles.